The van der Waals surface area contributed by atoms with Crippen LogP contribution in [-0.4, -0.2) is 129 Å². The number of hydrogen-bond acceptors (Lipinski definition) is 15. The van der Waals surface area contributed by atoms with Gasteiger partial charge in [-0.25, -0.2) is 9.37 Å². The summed E-state index contributed by atoms with van der Waals surface area (Å²) in [7, 11) is 2.01. The minimum atomic E-state index is -0.578. The summed E-state index contributed by atoms with van der Waals surface area (Å²) >= 11 is 1.61. The van der Waals surface area contributed by atoms with Gasteiger partial charge in [-0.2, -0.15) is 9.97 Å². The Hall–Kier alpha value is -6.76. The van der Waals surface area contributed by atoms with Crippen molar-refractivity contribution < 1.29 is 28.3 Å². The number of phenols is 1. The second-order valence-corrected chi connectivity index (χ2v) is 21.0. The number of amides is 2. The van der Waals surface area contributed by atoms with Gasteiger partial charge in [0.1, 0.15) is 41.2 Å². The normalized spacial score (nSPS) is 19.8. The van der Waals surface area contributed by atoms with Crippen molar-refractivity contribution in [2.24, 2.45) is 0 Å². The number of carbonyl (C=O) groups excluding carboxylic acids is 2. The monoisotopic (exact) mass is 1010 g/mol. The van der Waals surface area contributed by atoms with Gasteiger partial charge in [0.15, 0.2) is 11.6 Å². The molecule has 73 heavy (non-hydrogen) atoms. The first-order chi connectivity index (χ1) is 35.5. The van der Waals surface area contributed by atoms with Gasteiger partial charge in [0.2, 0.25) is 11.8 Å². The number of hydrogen-bond donors (Lipinski definition) is 3. The number of nitrogens with one attached hydrogen (secondary N) is 2. The van der Waals surface area contributed by atoms with Crippen LogP contribution in [0.25, 0.3) is 43.4 Å². The fraction of sp³-hybridized carbons (Fsp3) is 0.436. The fourth-order valence-electron chi connectivity index (χ4n) is 11.5. The Labute approximate surface area is 428 Å². The molecule has 4 saturated heterocycles. The zero-order valence-corrected chi connectivity index (χ0v) is 42.6. The van der Waals surface area contributed by atoms with Gasteiger partial charge in [0.05, 0.1) is 33.9 Å². The number of phenolic OH excluding ortho intramolecular Hbond substituents is 1. The molecule has 4 fully saturated rings. The van der Waals surface area contributed by atoms with Crippen LogP contribution in [0, 0.1) is 12.7 Å². The highest BCUT2D eigenvalue weighted by molar-refractivity contribution is 7.13. The van der Waals surface area contributed by atoms with Gasteiger partial charge < -0.3 is 39.7 Å². The molecule has 4 aromatic heterocycles. The molecule has 4 aliphatic heterocycles. The highest BCUT2D eigenvalue weighted by Gasteiger charge is 2.37. The minimum Gasteiger partial charge on any atom is -0.508 e. The SMILES string of the molecule is CCc1cccc2cc(O)cc(-c3ncc4c(N5CC6CCC(C5)N6)nc(OCCN5CCC(N(C)c6cc(CC(=O)N7CCCC7C(=O)NC(C)c7ccc(-c8scnc8C)cc7)on6)CC5)nc4c3F)c12. The topological polar surface area (TPSA) is 178 Å². The average molecular weight is 1010 g/mol. The lowest BCUT2D eigenvalue weighted by Crippen LogP contribution is -2.51. The van der Waals surface area contributed by atoms with Crippen molar-refractivity contribution in [3.63, 3.8) is 0 Å². The minimum absolute atomic E-state index is 0.0228. The van der Waals surface area contributed by atoms with Crippen LogP contribution in [0.15, 0.2) is 76.9 Å². The number of piperidine rings is 1. The fourth-order valence-corrected chi connectivity index (χ4v) is 12.3. The lowest BCUT2D eigenvalue weighted by Gasteiger charge is -2.36. The molecule has 0 saturated carbocycles. The van der Waals surface area contributed by atoms with Gasteiger partial charge in [0.25, 0.3) is 0 Å². The molecule has 4 atom stereocenters. The number of aromatic nitrogens is 5. The molecule has 7 aromatic rings. The van der Waals surface area contributed by atoms with Crippen molar-refractivity contribution in [3.05, 3.63) is 101 Å². The summed E-state index contributed by atoms with van der Waals surface area (Å²) < 4.78 is 29.1. The Balaban J connectivity index is 0.702. The molecule has 16 nitrogen and oxygen atoms in total. The summed E-state index contributed by atoms with van der Waals surface area (Å²) in [6, 6.07) is 19.4. The molecule has 0 aliphatic carbocycles. The molecule has 380 valence electrons. The van der Waals surface area contributed by atoms with Gasteiger partial charge in [-0.3, -0.25) is 19.5 Å². The first-order valence-corrected chi connectivity index (χ1v) is 26.6. The van der Waals surface area contributed by atoms with E-state index in [2.05, 4.69) is 54.5 Å². The molecule has 2 amide bonds. The molecule has 3 N–H and O–H groups in total. The third kappa shape index (κ3) is 9.91. The summed E-state index contributed by atoms with van der Waals surface area (Å²) in [5.74, 6) is 0.896. The third-order valence-corrected chi connectivity index (χ3v) is 16.5. The number of nitrogens with zero attached hydrogens (tertiary/aromatic N) is 9. The van der Waals surface area contributed by atoms with Crippen LogP contribution < -0.4 is 25.2 Å². The lowest BCUT2D eigenvalue weighted by atomic mass is 9.95. The molecule has 4 aliphatic rings. The first-order valence-electron chi connectivity index (χ1n) is 25.7. The van der Waals surface area contributed by atoms with E-state index in [4.69, 9.17) is 24.2 Å². The quantitative estimate of drug-likeness (QED) is 0.0900. The van der Waals surface area contributed by atoms with E-state index in [1.807, 2.05) is 62.8 Å². The maximum absolute atomic E-state index is 17.1. The number of halogens is 1. The molecule has 18 heteroatoms. The van der Waals surface area contributed by atoms with Crippen molar-refractivity contribution >= 4 is 56.5 Å². The van der Waals surface area contributed by atoms with E-state index in [-0.39, 0.29) is 53.3 Å². The second kappa shape index (κ2) is 20.6. The summed E-state index contributed by atoms with van der Waals surface area (Å²) in [6.45, 7) is 10.6. The van der Waals surface area contributed by atoms with Gasteiger partial charge >= 0.3 is 6.01 Å². The largest absolute Gasteiger partial charge is 0.508 e. The zero-order chi connectivity index (χ0) is 50.3. The number of aryl methyl sites for hydroxylation is 2. The molecule has 4 unspecified atom stereocenters. The van der Waals surface area contributed by atoms with Crippen LogP contribution >= 0.6 is 11.3 Å². The van der Waals surface area contributed by atoms with E-state index in [9.17, 15) is 14.7 Å². The number of piperazine rings is 1. The highest BCUT2D eigenvalue weighted by atomic mass is 32.1. The molecule has 11 rings (SSSR count). The number of rotatable bonds is 15. The number of ether oxygens (including phenoxy) is 1. The molecule has 8 heterocycles. The number of thiazole rings is 1. The van der Waals surface area contributed by atoms with Gasteiger partial charge in [0, 0.05) is 82.3 Å². The molecular formula is C55H62FN11O5S. The predicted molar refractivity (Wildman–Crippen MR) is 281 cm³/mol. The second-order valence-electron chi connectivity index (χ2n) is 20.1. The van der Waals surface area contributed by atoms with Crippen molar-refractivity contribution in [2.75, 3.05) is 62.7 Å². The molecular weight excluding hydrogens is 946 g/mol. The van der Waals surface area contributed by atoms with Crippen molar-refractivity contribution in [3.8, 4) is 33.5 Å². The number of carbonyl (C=O) groups is 2. The molecule has 3 aromatic carbocycles. The van der Waals surface area contributed by atoms with Crippen LogP contribution in [0.4, 0.5) is 16.0 Å². The maximum atomic E-state index is 17.1. The Bertz CT molecular complexity index is 3150. The summed E-state index contributed by atoms with van der Waals surface area (Å²) in [5.41, 5.74) is 6.75. The number of aromatic hydroxyl groups is 1. The van der Waals surface area contributed by atoms with Crippen LogP contribution in [0.2, 0.25) is 0 Å². The Morgan fingerprint density at radius 1 is 1.01 bits per heavy atom. The van der Waals surface area contributed by atoms with Crippen molar-refractivity contribution in [2.45, 2.75) is 102 Å². The van der Waals surface area contributed by atoms with E-state index in [0.717, 1.165) is 103 Å². The van der Waals surface area contributed by atoms with Crippen molar-refractivity contribution in [1.29, 1.82) is 0 Å². The Morgan fingerprint density at radius 2 is 1.81 bits per heavy atom. The van der Waals surface area contributed by atoms with E-state index in [1.165, 1.54) is 0 Å². The maximum Gasteiger partial charge on any atom is 0.319 e. The number of anilines is 2. The van der Waals surface area contributed by atoms with E-state index in [0.29, 0.717) is 66.5 Å². The van der Waals surface area contributed by atoms with E-state index in [1.54, 1.807) is 34.6 Å². The number of benzene rings is 3. The summed E-state index contributed by atoms with van der Waals surface area (Å²) in [5, 5.41) is 24.1. The van der Waals surface area contributed by atoms with Crippen LogP contribution in [0.1, 0.15) is 81.0 Å². The smallest absolute Gasteiger partial charge is 0.319 e. The van der Waals surface area contributed by atoms with Crippen molar-refractivity contribution in [1.82, 2.24) is 45.5 Å². The summed E-state index contributed by atoms with van der Waals surface area (Å²) in [4.78, 5) is 55.4. The molecule has 0 spiro atoms. The van der Waals surface area contributed by atoms with E-state index < -0.39 is 11.9 Å². The standard InChI is InChI=1S/C55H62FN11O5S/c1-5-34-8-6-9-37-24-41(68)25-43(48(34)37)50-49(56)51-44(28-57-50)53(66-29-38-15-16-39(30-66)60-38)62-55(61-51)71-23-22-65-20-17-40(18-21-65)64(4)46-26-42(72-63-46)27-47(69)67-19-7-10-45(67)54(70)59-32(2)35-11-13-36(14-12-35)52-33(3)58-31-73-52/h6,8-9,11-14,24-26,28,31-32,38-40,45,60,68H,5,7,10,15-23,27,29-30H2,1-4H3,(H,59,70). The Morgan fingerprint density at radius 3 is 2.56 bits per heavy atom. The number of likely N-dealkylation sites (tertiary alicyclic amines) is 2. The lowest BCUT2D eigenvalue weighted by molar-refractivity contribution is -0.138. The van der Waals surface area contributed by atoms with Gasteiger partial charge in [-0.15, -0.1) is 11.3 Å². The van der Waals surface area contributed by atoms with Gasteiger partial charge in [-0.1, -0.05) is 54.5 Å². The first kappa shape index (κ1) is 48.5. The molecule has 2 bridgehead atoms. The number of pyridine rings is 1. The molecule has 0 radical (unpaired) electrons. The van der Waals surface area contributed by atoms with Crippen LogP contribution in [0.5, 0.6) is 11.8 Å². The number of fused-ring (bicyclic) bond motifs is 4. The van der Waals surface area contributed by atoms with Crippen LogP contribution in [-0.2, 0) is 22.4 Å². The van der Waals surface area contributed by atoms with Crippen LogP contribution in [0.3, 0.4) is 0 Å². The highest BCUT2D eigenvalue weighted by Crippen LogP contribution is 2.39. The van der Waals surface area contributed by atoms with Gasteiger partial charge in [-0.05, 0) is 98.4 Å². The Kier molecular flexibility index (Phi) is 13.7. The predicted octanol–water partition coefficient (Wildman–Crippen LogP) is 8.00. The average Bonchev–Trinajstić information content (AvgIpc) is 4.24. The summed E-state index contributed by atoms with van der Waals surface area (Å²) in [6.07, 6.45) is 7.70. The zero-order valence-electron chi connectivity index (χ0n) is 41.8. The third-order valence-electron chi connectivity index (χ3n) is 15.5. The van der Waals surface area contributed by atoms with E-state index >= 15 is 4.39 Å².